The van der Waals surface area contributed by atoms with Gasteiger partial charge in [-0.05, 0) is 18.7 Å². The number of nitrogens with zero attached hydrogens (tertiary/aromatic N) is 1. The topological polar surface area (TPSA) is 24.9 Å². The fraction of sp³-hybridized carbons (Fsp3) is 0.545. The fourth-order valence-corrected chi connectivity index (χ4v) is 4.74. The van der Waals surface area contributed by atoms with Crippen molar-refractivity contribution in [1.82, 2.24) is 10.3 Å². The maximum absolute atomic E-state index is 4.19. The molecule has 2 atom stereocenters. The van der Waals surface area contributed by atoms with Gasteiger partial charge < -0.3 is 5.32 Å². The molecule has 1 aliphatic heterocycles. The van der Waals surface area contributed by atoms with Crippen molar-refractivity contribution in [2.45, 2.75) is 11.3 Å². The molecule has 0 radical (unpaired) electrons. The smallest absolute Gasteiger partial charge is 0.0461 e. The van der Waals surface area contributed by atoms with E-state index in [0.717, 1.165) is 0 Å². The second-order valence-corrected chi connectivity index (χ2v) is 6.03. The number of nitrogens with one attached hydrogen (secondary N) is 1. The summed E-state index contributed by atoms with van der Waals surface area (Å²) in [5.74, 6) is 3.81. The predicted octanol–water partition coefficient (Wildman–Crippen LogP) is 2.19. The van der Waals surface area contributed by atoms with Gasteiger partial charge in [-0.2, -0.15) is 23.5 Å². The van der Waals surface area contributed by atoms with Crippen LogP contribution in [0.2, 0.25) is 0 Å². The molecule has 82 valence electrons. The van der Waals surface area contributed by atoms with Crippen LogP contribution in [-0.4, -0.2) is 34.5 Å². The molecule has 0 aromatic carbocycles. The summed E-state index contributed by atoms with van der Waals surface area (Å²) in [7, 11) is 2.04. The van der Waals surface area contributed by atoms with Crippen LogP contribution in [-0.2, 0) is 0 Å². The summed E-state index contributed by atoms with van der Waals surface area (Å²) >= 11 is 4.14. The molecule has 1 saturated heterocycles. The van der Waals surface area contributed by atoms with Gasteiger partial charge in [0.25, 0.3) is 0 Å². The molecule has 4 heteroatoms. The molecule has 2 rings (SSSR count). The summed E-state index contributed by atoms with van der Waals surface area (Å²) < 4.78 is 0. The summed E-state index contributed by atoms with van der Waals surface area (Å²) in [6, 6.07) is 4.62. The molecule has 2 heterocycles. The molecular formula is C11H16N2S2. The van der Waals surface area contributed by atoms with Crippen LogP contribution in [0.15, 0.2) is 24.5 Å². The Morgan fingerprint density at radius 1 is 1.53 bits per heavy atom. The van der Waals surface area contributed by atoms with Gasteiger partial charge in [0.05, 0.1) is 0 Å². The molecule has 1 aromatic heterocycles. The highest BCUT2D eigenvalue weighted by Crippen LogP contribution is 2.32. The first-order valence-corrected chi connectivity index (χ1v) is 7.38. The third-order valence-corrected chi connectivity index (χ3v) is 5.43. The zero-order valence-corrected chi connectivity index (χ0v) is 10.5. The van der Waals surface area contributed by atoms with E-state index in [-0.39, 0.29) is 0 Å². The van der Waals surface area contributed by atoms with Crippen LogP contribution in [0, 0.1) is 0 Å². The minimum atomic E-state index is 0.441. The maximum atomic E-state index is 4.19. The van der Waals surface area contributed by atoms with Crippen molar-refractivity contribution in [3.05, 3.63) is 30.1 Å². The van der Waals surface area contributed by atoms with Crippen molar-refractivity contribution in [2.75, 3.05) is 24.3 Å². The van der Waals surface area contributed by atoms with Gasteiger partial charge in [0.15, 0.2) is 0 Å². The van der Waals surface area contributed by atoms with Gasteiger partial charge in [-0.15, -0.1) is 0 Å². The second-order valence-electron chi connectivity index (χ2n) is 3.54. The van der Waals surface area contributed by atoms with E-state index in [0.29, 0.717) is 11.3 Å². The molecule has 2 nitrogen and oxygen atoms in total. The standard InChI is InChI=1S/C11H16N2S2/c1-12-11(9-3-2-4-13-7-9)10-8-14-5-6-15-10/h2-4,7,10-12H,5-6,8H2,1H3. The van der Waals surface area contributed by atoms with E-state index >= 15 is 0 Å². The molecule has 0 aliphatic carbocycles. The molecular weight excluding hydrogens is 224 g/mol. The Morgan fingerprint density at radius 2 is 2.47 bits per heavy atom. The van der Waals surface area contributed by atoms with Crippen molar-refractivity contribution in [1.29, 1.82) is 0 Å². The van der Waals surface area contributed by atoms with E-state index in [1.807, 2.05) is 25.5 Å². The highest BCUT2D eigenvalue weighted by molar-refractivity contribution is 8.06. The highest BCUT2D eigenvalue weighted by atomic mass is 32.2. The molecule has 1 fully saturated rings. The average molecular weight is 240 g/mol. The predicted molar refractivity (Wildman–Crippen MR) is 69.6 cm³/mol. The summed E-state index contributed by atoms with van der Waals surface area (Å²) in [5, 5.41) is 4.09. The zero-order valence-electron chi connectivity index (χ0n) is 8.85. The van der Waals surface area contributed by atoms with Crippen LogP contribution < -0.4 is 5.32 Å². The maximum Gasteiger partial charge on any atom is 0.0461 e. The third kappa shape index (κ3) is 2.89. The van der Waals surface area contributed by atoms with E-state index in [1.54, 1.807) is 0 Å². The number of aromatic nitrogens is 1. The van der Waals surface area contributed by atoms with Gasteiger partial charge in [0.2, 0.25) is 0 Å². The van der Waals surface area contributed by atoms with Gasteiger partial charge in [0, 0.05) is 40.9 Å². The Balaban J connectivity index is 2.09. The van der Waals surface area contributed by atoms with Gasteiger partial charge in [-0.1, -0.05) is 6.07 Å². The fourth-order valence-electron chi connectivity index (χ4n) is 1.83. The van der Waals surface area contributed by atoms with Crippen molar-refractivity contribution in [3.8, 4) is 0 Å². The van der Waals surface area contributed by atoms with Gasteiger partial charge in [-0.25, -0.2) is 0 Å². The first kappa shape index (κ1) is 11.3. The number of thioether (sulfide) groups is 2. The second kappa shape index (κ2) is 5.77. The molecule has 0 amide bonds. The van der Waals surface area contributed by atoms with Crippen LogP contribution in [0.25, 0.3) is 0 Å². The van der Waals surface area contributed by atoms with Crippen molar-refractivity contribution in [3.63, 3.8) is 0 Å². The van der Waals surface area contributed by atoms with Crippen LogP contribution in [0.1, 0.15) is 11.6 Å². The van der Waals surface area contributed by atoms with Crippen LogP contribution in [0.4, 0.5) is 0 Å². The number of hydrogen-bond acceptors (Lipinski definition) is 4. The summed E-state index contributed by atoms with van der Waals surface area (Å²) in [6.07, 6.45) is 3.81. The number of pyridine rings is 1. The summed E-state index contributed by atoms with van der Waals surface area (Å²) in [5.41, 5.74) is 1.31. The largest absolute Gasteiger partial charge is 0.312 e. The lowest BCUT2D eigenvalue weighted by Gasteiger charge is -2.29. The normalized spacial score (nSPS) is 23.7. The minimum Gasteiger partial charge on any atom is -0.312 e. The van der Waals surface area contributed by atoms with Crippen LogP contribution >= 0.6 is 23.5 Å². The zero-order chi connectivity index (χ0) is 10.5. The molecule has 1 aliphatic rings. The summed E-state index contributed by atoms with van der Waals surface area (Å²) in [4.78, 5) is 4.19. The first-order valence-electron chi connectivity index (χ1n) is 5.18. The molecule has 1 N–H and O–H groups in total. The van der Waals surface area contributed by atoms with Gasteiger partial charge in [0.1, 0.15) is 0 Å². The Bertz CT molecular complexity index is 286. The van der Waals surface area contributed by atoms with Crippen LogP contribution in [0.5, 0.6) is 0 Å². The third-order valence-electron chi connectivity index (χ3n) is 2.57. The Labute approximate surface area is 99.6 Å². The SMILES string of the molecule is CNC(c1cccnc1)C1CSCCS1. The Hall–Kier alpha value is -0.190. The Morgan fingerprint density at radius 3 is 3.07 bits per heavy atom. The highest BCUT2D eigenvalue weighted by Gasteiger charge is 2.24. The van der Waals surface area contributed by atoms with E-state index in [1.165, 1.54) is 22.8 Å². The quantitative estimate of drug-likeness (QED) is 0.875. The van der Waals surface area contributed by atoms with Gasteiger partial charge >= 0.3 is 0 Å². The van der Waals surface area contributed by atoms with E-state index < -0.39 is 0 Å². The first-order chi connectivity index (χ1) is 7.42. The van der Waals surface area contributed by atoms with E-state index in [9.17, 15) is 0 Å². The molecule has 0 bridgehead atoms. The molecule has 15 heavy (non-hydrogen) atoms. The van der Waals surface area contributed by atoms with Gasteiger partial charge in [-0.3, -0.25) is 4.98 Å². The van der Waals surface area contributed by atoms with E-state index in [2.05, 4.69) is 39.9 Å². The molecule has 1 aromatic rings. The number of rotatable bonds is 3. The molecule has 0 saturated carbocycles. The minimum absolute atomic E-state index is 0.441. The number of hydrogen-bond donors (Lipinski definition) is 1. The lowest BCUT2D eigenvalue weighted by Crippen LogP contribution is -2.31. The summed E-state index contributed by atoms with van der Waals surface area (Å²) in [6.45, 7) is 0. The molecule has 2 unspecified atom stereocenters. The Kier molecular flexibility index (Phi) is 4.35. The van der Waals surface area contributed by atoms with Crippen molar-refractivity contribution in [2.24, 2.45) is 0 Å². The van der Waals surface area contributed by atoms with E-state index in [4.69, 9.17) is 0 Å². The molecule has 0 spiro atoms. The average Bonchev–Trinajstić information content (AvgIpc) is 2.33. The van der Waals surface area contributed by atoms with Crippen molar-refractivity contribution < 1.29 is 0 Å². The lowest BCUT2D eigenvalue weighted by atomic mass is 10.1. The van der Waals surface area contributed by atoms with Crippen molar-refractivity contribution >= 4 is 23.5 Å². The monoisotopic (exact) mass is 240 g/mol. The van der Waals surface area contributed by atoms with Crippen LogP contribution in [0.3, 0.4) is 0 Å². The lowest BCUT2D eigenvalue weighted by molar-refractivity contribution is 0.590.